The standard InChI is InChI=1S/C14H20N2O2/c1-3-14(4-2)7-9-16(10-14)12-11(13(17)18)6-5-8-15-12/h5-6,8H,3-4,7,9-10H2,1-2H3,(H,17,18). The summed E-state index contributed by atoms with van der Waals surface area (Å²) in [6, 6.07) is 3.30. The average Bonchev–Trinajstić information content (AvgIpc) is 2.83. The van der Waals surface area contributed by atoms with Crippen LogP contribution in [0.2, 0.25) is 0 Å². The van der Waals surface area contributed by atoms with Gasteiger partial charge >= 0.3 is 5.97 Å². The third-order valence-electron chi connectivity index (χ3n) is 4.25. The molecule has 0 atom stereocenters. The van der Waals surface area contributed by atoms with Crippen molar-refractivity contribution in [3.8, 4) is 0 Å². The van der Waals surface area contributed by atoms with E-state index in [1.54, 1.807) is 18.3 Å². The average molecular weight is 248 g/mol. The normalized spacial score (nSPS) is 18.0. The van der Waals surface area contributed by atoms with E-state index in [1.165, 1.54) is 0 Å². The molecule has 0 unspecified atom stereocenters. The van der Waals surface area contributed by atoms with E-state index in [2.05, 4.69) is 23.7 Å². The largest absolute Gasteiger partial charge is 0.478 e. The van der Waals surface area contributed by atoms with Crippen LogP contribution in [0.15, 0.2) is 18.3 Å². The Labute approximate surface area is 108 Å². The van der Waals surface area contributed by atoms with Gasteiger partial charge in [0.15, 0.2) is 0 Å². The fraction of sp³-hybridized carbons (Fsp3) is 0.571. The van der Waals surface area contributed by atoms with Gasteiger partial charge in [0.2, 0.25) is 0 Å². The van der Waals surface area contributed by atoms with E-state index >= 15 is 0 Å². The molecule has 0 aromatic carbocycles. The summed E-state index contributed by atoms with van der Waals surface area (Å²) >= 11 is 0. The minimum absolute atomic E-state index is 0.306. The highest BCUT2D eigenvalue weighted by atomic mass is 16.4. The topological polar surface area (TPSA) is 53.4 Å². The molecular formula is C14H20N2O2. The number of hydrogen-bond donors (Lipinski definition) is 1. The molecule has 0 amide bonds. The Morgan fingerprint density at radius 2 is 2.22 bits per heavy atom. The zero-order chi connectivity index (χ0) is 13.2. The number of hydrogen-bond acceptors (Lipinski definition) is 3. The van der Waals surface area contributed by atoms with Crippen LogP contribution in [-0.2, 0) is 0 Å². The van der Waals surface area contributed by atoms with Crippen molar-refractivity contribution in [2.45, 2.75) is 33.1 Å². The minimum atomic E-state index is -0.899. The number of aromatic nitrogens is 1. The Balaban J connectivity index is 2.27. The van der Waals surface area contributed by atoms with Crippen molar-refractivity contribution >= 4 is 11.8 Å². The molecule has 0 saturated carbocycles. The van der Waals surface area contributed by atoms with Crippen LogP contribution in [0.25, 0.3) is 0 Å². The molecule has 1 aliphatic rings. The summed E-state index contributed by atoms with van der Waals surface area (Å²) in [4.78, 5) is 17.6. The second-order valence-corrected chi connectivity index (χ2v) is 5.06. The molecule has 4 heteroatoms. The van der Waals surface area contributed by atoms with E-state index in [4.69, 9.17) is 0 Å². The lowest BCUT2D eigenvalue weighted by Crippen LogP contribution is -2.28. The molecule has 1 aromatic heterocycles. The number of carboxylic acids is 1. The van der Waals surface area contributed by atoms with Gasteiger partial charge < -0.3 is 10.0 Å². The highest BCUT2D eigenvalue weighted by Gasteiger charge is 2.36. The van der Waals surface area contributed by atoms with E-state index in [1.807, 2.05) is 0 Å². The Hall–Kier alpha value is -1.58. The number of anilines is 1. The van der Waals surface area contributed by atoms with Crippen LogP contribution in [0.5, 0.6) is 0 Å². The zero-order valence-corrected chi connectivity index (χ0v) is 11.0. The van der Waals surface area contributed by atoms with E-state index in [0.29, 0.717) is 16.8 Å². The fourth-order valence-corrected chi connectivity index (χ4v) is 2.76. The number of rotatable bonds is 4. The Bertz CT molecular complexity index is 441. The van der Waals surface area contributed by atoms with E-state index in [9.17, 15) is 9.90 Å². The maximum absolute atomic E-state index is 11.2. The Morgan fingerprint density at radius 3 is 2.78 bits per heavy atom. The van der Waals surface area contributed by atoms with E-state index in [0.717, 1.165) is 32.4 Å². The van der Waals surface area contributed by atoms with Crippen LogP contribution in [0.3, 0.4) is 0 Å². The number of carbonyl (C=O) groups is 1. The first-order chi connectivity index (χ1) is 8.62. The predicted molar refractivity (Wildman–Crippen MR) is 71.0 cm³/mol. The van der Waals surface area contributed by atoms with Crippen LogP contribution < -0.4 is 4.90 Å². The zero-order valence-electron chi connectivity index (χ0n) is 11.0. The van der Waals surface area contributed by atoms with Crippen molar-refractivity contribution in [1.29, 1.82) is 0 Å². The lowest BCUT2D eigenvalue weighted by Gasteiger charge is -2.27. The molecule has 1 N–H and O–H groups in total. The molecule has 0 radical (unpaired) electrons. The van der Waals surface area contributed by atoms with Gasteiger partial charge in [-0.2, -0.15) is 0 Å². The number of aromatic carboxylic acids is 1. The summed E-state index contributed by atoms with van der Waals surface area (Å²) in [5.74, 6) is -0.280. The van der Waals surface area contributed by atoms with Gasteiger partial charge in [0.05, 0.1) is 0 Å². The van der Waals surface area contributed by atoms with Gasteiger partial charge in [-0.25, -0.2) is 9.78 Å². The molecule has 2 heterocycles. The molecule has 0 spiro atoms. The monoisotopic (exact) mass is 248 g/mol. The van der Waals surface area contributed by atoms with E-state index in [-0.39, 0.29) is 0 Å². The lowest BCUT2D eigenvalue weighted by molar-refractivity contribution is 0.0697. The second-order valence-electron chi connectivity index (χ2n) is 5.06. The third-order valence-corrected chi connectivity index (χ3v) is 4.25. The molecule has 0 aliphatic carbocycles. The predicted octanol–water partition coefficient (Wildman–Crippen LogP) is 2.80. The van der Waals surface area contributed by atoms with E-state index < -0.39 is 5.97 Å². The van der Waals surface area contributed by atoms with Crippen LogP contribution in [0.1, 0.15) is 43.5 Å². The van der Waals surface area contributed by atoms with Crippen LogP contribution >= 0.6 is 0 Å². The van der Waals surface area contributed by atoms with Crippen molar-refractivity contribution in [2.75, 3.05) is 18.0 Å². The van der Waals surface area contributed by atoms with Crippen molar-refractivity contribution in [1.82, 2.24) is 4.98 Å². The molecule has 98 valence electrons. The van der Waals surface area contributed by atoms with Gasteiger partial charge in [-0.3, -0.25) is 0 Å². The third kappa shape index (κ3) is 2.19. The van der Waals surface area contributed by atoms with Gasteiger partial charge in [0, 0.05) is 19.3 Å². The summed E-state index contributed by atoms with van der Waals surface area (Å²) in [5.41, 5.74) is 0.633. The summed E-state index contributed by atoms with van der Waals surface area (Å²) in [6.07, 6.45) is 5.06. The smallest absolute Gasteiger partial charge is 0.339 e. The SMILES string of the molecule is CCC1(CC)CCN(c2ncccc2C(=O)O)C1. The van der Waals surface area contributed by atoms with Crippen molar-refractivity contribution in [2.24, 2.45) is 5.41 Å². The van der Waals surface area contributed by atoms with Crippen molar-refractivity contribution < 1.29 is 9.90 Å². The highest BCUT2D eigenvalue weighted by molar-refractivity contribution is 5.93. The number of pyridine rings is 1. The molecule has 1 aliphatic heterocycles. The summed E-state index contributed by atoms with van der Waals surface area (Å²) in [5, 5.41) is 9.20. The van der Waals surface area contributed by atoms with Gasteiger partial charge in [0.25, 0.3) is 0 Å². The second kappa shape index (κ2) is 4.96. The first kappa shape index (κ1) is 12.9. The van der Waals surface area contributed by atoms with Crippen molar-refractivity contribution in [3.05, 3.63) is 23.9 Å². The quantitative estimate of drug-likeness (QED) is 0.890. The molecule has 1 fully saturated rings. The van der Waals surface area contributed by atoms with Gasteiger partial charge in [0.1, 0.15) is 11.4 Å². The lowest BCUT2D eigenvalue weighted by atomic mass is 9.82. The fourth-order valence-electron chi connectivity index (χ4n) is 2.76. The molecule has 2 rings (SSSR count). The Kier molecular flexibility index (Phi) is 3.55. The molecule has 18 heavy (non-hydrogen) atoms. The van der Waals surface area contributed by atoms with Crippen molar-refractivity contribution in [3.63, 3.8) is 0 Å². The summed E-state index contributed by atoms with van der Waals surface area (Å²) in [6.45, 7) is 6.24. The van der Waals surface area contributed by atoms with Gasteiger partial charge in [-0.1, -0.05) is 13.8 Å². The minimum Gasteiger partial charge on any atom is -0.478 e. The molecule has 4 nitrogen and oxygen atoms in total. The van der Waals surface area contributed by atoms with Gasteiger partial charge in [-0.05, 0) is 36.8 Å². The summed E-state index contributed by atoms with van der Waals surface area (Å²) in [7, 11) is 0. The maximum Gasteiger partial charge on any atom is 0.339 e. The first-order valence-corrected chi connectivity index (χ1v) is 6.55. The summed E-state index contributed by atoms with van der Waals surface area (Å²) < 4.78 is 0. The Morgan fingerprint density at radius 1 is 1.50 bits per heavy atom. The molecule has 0 bridgehead atoms. The number of carboxylic acid groups (broad SMARTS) is 1. The van der Waals surface area contributed by atoms with Crippen LogP contribution in [0.4, 0.5) is 5.82 Å². The molecular weight excluding hydrogens is 228 g/mol. The van der Waals surface area contributed by atoms with Crippen LogP contribution in [-0.4, -0.2) is 29.1 Å². The highest BCUT2D eigenvalue weighted by Crippen LogP contribution is 2.39. The molecule has 1 saturated heterocycles. The number of nitrogens with zero attached hydrogens (tertiary/aromatic N) is 2. The first-order valence-electron chi connectivity index (χ1n) is 6.55. The van der Waals surface area contributed by atoms with Crippen LogP contribution in [0, 0.1) is 5.41 Å². The van der Waals surface area contributed by atoms with Gasteiger partial charge in [-0.15, -0.1) is 0 Å². The maximum atomic E-state index is 11.2. The molecule has 1 aromatic rings.